The Hall–Kier alpha value is -1.69. The first-order chi connectivity index (χ1) is 11.1. The van der Waals surface area contributed by atoms with E-state index in [0.29, 0.717) is 10.8 Å². The largest absolute Gasteiger partial charge is 0.484 e. The van der Waals surface area contributed by atoms with Crippen molar-refractivity contribution in [1.29, 1.82) is 0 Å². The van der Waals surface area contributed by atoms with Gasteiger partial charge in [-0.1, -0.05) is 23.7 Å². The Morgan fingerprint density at radius 1 is 1.22 bits per heavy atom. The lowest BCUT2D eigenvalue weighted by atomic mass is 10.1. The Balaban J connectivity index is 1.75. The first kappa shape index (κ1) is 17.7. The van der Waals surface area contributed by atoms with Gasteiger partial charge >= 0.3 is 0 Å². The smallest absolute Gasteiger partial charge is 0.258 e. The fourth-order valence-electron chi connectivity index (χ4n) is 1.89. The highest BCUT2D eigenvalue weighted by Gasteiger charge is 2.10. The summed E-state index contributed by atoms with van der Waals surface area (Å²) in [5.74, 6) is 0.275. The summed E-state index contributed by atoms with van der Waals surface area (Å²) >= 11 is 7.41. The highest BCUT2D eigenvalue weighted by atomic mass is 35.5. The number of aliphatic hydroxyl groups is 1. The van der Waals surface area contributed by atoms with Gasteiger partial charge in [0.2, 0.25) is 0 Å². The maximum atomic E-state index is 11.7. The number of halogens is 1. The van der Waals surface area contributed by atoms with Crippen LogP contribution in [0.2, 0.25) is 5.02 Å². The summed E-state index contributed by atoms with van der Waals surface area (Å²) in [6.07, 6.45) is 1.25. The van der Waals surface area contributed by atoms with Crippen LogP contribution in [0.25, 0.3) is 0 Å². The first-order valence-electron chi connectivity index (χ1n) is 7.05. The van der Waals surface area contributed by atoms with Crippen molar-refractivity contribution in [2.24, 2.45) is 0 Å². The van der Waals surface area contributed by atoms with Gasteiger partial charge in [0.25, 0.3) is 5.91 Å². The number of hydrogen-bond donors (Lipinski definition) is 2. The number of hydrogen-bond acceptors (Lipinski definition) is 4. The zero-order valence-corrected chi connectivity index (χ0v) is 14.2. The number of ether oxygens (including phenoxy) is 1. The third kappa shape index (κ3) is 5.78. The summed E-state index contributed by atoms with van der Waals surface area (Å²) in [5, 5.41) is 13.3. The number of aliphatic hydroxyl groups excluding tert-OH is 1. The van der Waals surface area contributed by atoms with E-state index in [1.54, 1.807) is 36.0 Å². The second kappa shape index (κ2) is 8.82. The Bertz CT molecular complexity index is 631. The minimum absolute atomic E-state index is 0.111. The highest BCUT2D eigenvalue weighted by molar-refractivity contribution is 7.98. The topological polar surface area (TPSA) is 58.6 Å². The van der Waals surface area contributed by atoms with Gasteiger partial charge < -0.3 is 15.2 Å². The molecule has 0 aliphatic rings. The van der Waals surface area contributed by atoms with Gasteiger partial charge in [-0.3, -0.25) is 4.79 Å². The van der Waals surface area contributed by atoms with Gasteiger partial charge in [-0.05, 0) is 48.2 Å². The number of carbonyl (C=O) groups is 1. The molecule has 0 fully saturated rings. The van der Waals surface area contributed by atoms with Crippen molar-refractivity contribution in [2.45, 2.75) is 11.0 Å². The fourth-order valence-corrected chi connectivity index (χ4v) is 2.42. The second-order valence-corrected chi connectivity index (χ2v) is 6.15. The van der Waals surface area contributed by atoms with Gasteiger partial charge in [0, 0.05) is 16.5 Å². The number of amides is 1. The van der Waals surface area contributed by atoms with Gasteiger partial charge in [-0.25, -0.2) is 0 Å². The molecule has 0 aliphatic carbocycles. The number of nitrogens with one attached hydrogen (secondary N) is 1. The fraction of sp³-hybridized carbons (Fsp3) is 0.235. The van der Waals surface area contributed by atoms with Crippen molar-refractivity contribution < 1.29 is 14.6 Å². The molecule has 0 bridgehead atoms. The van der Waals surface area contributed by atoms with Crippen LogP contribution in [0.5, 0.6) is 5.75 Å². The average molecular weight is 352 g/mol. The molecule has 0 saturated carbocycles. The molecule has 0 aliphatic heterocycles. The Morgan fingerprint density at radius 2 is 1.87 bits per heavy atom. The molecule has 2 aromatic rings. The molecule has 1 atom stereocenters. The van der Waals surface area contributed by atoms with Crippen molar-refractivity contribution in [2.75, 3.05) is 19.4 Å². The van der Waals surface area contributed by atoms with Crippen LogP contribution in [0.3, 0.4) is 0 Å². The van der Waals surface area contributed by atoms with Crippen molar-refractivity contribution in [1.82, 2.24) is 5.32 Å². The van der Waals surface area contributed by atoms with Crippen LogP contribution in [-0.4, -0.2) is 30.4 Å². The minimum atomic E-state index is -0.745. The average Bonchev–Trinajstić information content (AvgIpc) is 2.59. The standard InChI is InChI=1S/C17H18ClNO3S/c1-23-15-8-2-12(3-9-15)16(20)10-19-17(21)11-22-14-6-4-13(18)5-7-14/h2-9,16,20H,10-11H2,1H3,(H,19,21)/t16-/m0/s1. The van der Waals surface area contributed by atoms with Crippen molar-refractivity contribution in [3.8, 4) is 5.75 Å². The van der Waals surface area contributed by atoms with E-state index < -0.39 is 6.10 Å². The summed E-state index contributed by atoms with van der Waals surface area (Å²) < 4.78 is 5.34. The molecule has 0 heterocycles. The van der Waals surface area contributed by atoms with Crippen LogP contribution in [0.1, 0.15) is 11.7 Å². The minimum Gasteiger partial charge on any atom is -0.484 e. The second-order valence-electron chi connectivity index (χ2n) is 4.84. The Kier molecular flexibility index (Phi) is 6.77. The molecule has 0 radical (unpaired) electrons. The van der Waals surface area contributed by atoms with Gasteiger partial charge in [-0.15, -0.1) is 11.8 Å². The first-order valence-corrected chi connectivity index (χ1v) is 8.66. The summed E-state index contributed by atoms with van der Waals surface area (Å²) in [6, 6.07) is 14.4. The molecule has 6 heteroatoms. The van der Waals surface area contributed by atoms with E-state index in [1.807, 2.05) is 30.5 Å². The van der Waals surface area contributed by atoms with E-state index in [2.05, 4.69) is 5.32 Å². The third-order valence-electron chi connectivity index (χ3n) is 3.18. The lowest BCUT2D eigenvalue weighted by molar-refractivity contribution is -0.123. The molecular formula is C17H18ClNO3S. The Morgan fingerprint density at radius 3 is 2.48 bits per heavy atom. The zero-order chi connectivity index (χ0) is 16.7. The van der Waals surface area contributed by atoms with Crippen LogP contribution in [0, 0.1) is 0 Å². The Labute approximate surface area is 144 Å². The van der Waals surface area contributed by atoms with E-state index in [-0.39, 0.29) is 19.1 Å². The van der Waals surface area contributed by atoms with E-state index in [0.717, 1.165) is 10.5 Å². The number of thioether (sulfide) groups is 1. The molecule has 0 spiro atoms. The molecule has 1 amide bonds. The van der Waals surface area contributed by atoms with Crippen molar-refractivity contribution in [3.05, 3.63) is 59.1 Å². The molecule has 0 aromatic heterocycles. The quantitative estimate of drug-likeness (QED) is 0.751. The van der Waals surface area contributed by atoms with Crippen LogP contribution in [-0.2, 0) is 4.79 Å². The van der Waals surface area contributed by atoms with Crippen LogP contribution in [0.15, 0.2) is 53.4 Å². The normalized spacial score (nSPS) is 11.8. The SMILES string of the molecule is CSc1ccc([C@@H](O)CNC(=O)COc2ccc(Cl)cc2)cc1. The van der Waals surface area contributed by atoms with Gasteiger partial charge in [0.1, 0.15) is 5.75 Å². The van der Waals surface area contributed by atoms with Crippen LogP contribution < -0.4 is 10.1 Å². The molecule has 2 rings (SSSR count). The predicted octanol–water partition coefficient (Wildman–Crippen LogP) is 3.29. The summed E-state index contributed by atoms with van der Waals surface area (Å²) in [7, 11) is 0. The molecule has 2 aromatic carbocycles. The number of rotatable bonds is 7. The lowest BCUT2D eigenvalue weighted by Crippen LogP contribution is -2.32. The van der Waals surface area contributed by atoms with Crippen LogP contribution in [0.4, 0.5) is 0 Å². The maximum Gasteiger partial charge on any atom is 0.258 e. The van der Waals surface area contributed by atoms with E-state index in [1.165, 1.54) is 0 Å². The zero-order valence-electron chi connectivity index (χ0n) is 12.7. The lowest BCUT2D eigenvalue weighted by Gasteiger charge is -2.13. The van der Waals surface area contributed by atoms with Gasteiger partial charge in [0.15, 0.2) is 6.61 Å². The predicted molar refractivity (Wildman–Crippen MR) is 93.1 cm³/mol. The van der Waals surface area contributed by atoms with Crippen molar-refractivity contribution in [3.63, 3.8) is 0 Å². The van der Waals surface area contributed by atoms with Gasteiger partial charge in [-0.2, -0.15) is 0 Å². The molecule has 0 saturated heterocycles. The van der Waals surface area contributed by atoms with E-state index >= 15 is 0 Å². The molecule has 0 unspecified atom stereocenters. The summed E-state index contributed by atoms with van der Waals surface area (Å²) in [5.41, 5.74) is 0.765. The molecule has 2 N–H and O–H groups in total. The monoisotopic (exact) mass is 351 g/mol. The van der Waals surface area contributed by atoms with E-state index in [4.69, 9.17) is 16.3 Å². The highest BCUT2D eigenvalue weighted by Crippen LogP contribution is 2.19. The third-order valence-corrected chi connectivity index (χ3v) is 4.17. The van der Waals surface area contributed by atoms with Crippen LogP contribution >= 0.6 is 23.4 Å². The molecule has 4 nitrogen and oxygen atoms in total. The number of benzene rings is 2. The summed E-state index contributed by atoms with van der Waals surface area (Å²) in [4.78, 5) is 12.9. The molecule has 23 heavy (non-hydrogen) atoms. The molecular weight excluding hydrogens is 334 g/mol. The number of carbonyl (C=O) groups excluding carboxylic acids is 1. The van der Waals surface area contributed by atoms with Crippen molar-refractivity contribution >= 4 is 29.3 Å². The summed E-state index contributed by atoms with van der Waals surface area (Å²) in [6.45, 7) is 0.0290. The molecule has 122 valence electrons. The van der Waals surface area contributed by atoms with E-state index in [9.17, 15) is 9.90 Å². The van der Waals surface area contributed by atoms with Gasteiger partial charge in [0.05, 0.1) is 6.10 Å². The maximum absolute atomic E-state index is 11.7.